The van der Waals surface area contributed by atoms with E-state index in [1.807, 2.05) is 4.90 Å². The lowest BCUT2D eigenvalue weighted by atomic mass is 9.76. The van der Waals surface area contributed by atoms with Crippen molar-refractivity contribution >= 4 is 17.8 Å². The van der Waals surface area contributed by atoms with Crippen molar-refractivity contribution in [1.29, 1.82) is 0 Å². The normalized spacial score (nSPS) is 28.5. The SMILES string of the molecule is O=C(NC1(C(=O)O)CCC1)C1CC(=O)N(C2CCCC2)C1. The van der Waals surface area contributed by atoms with Crippen molar-refractivity contribution in [3.8, 4) is 0 Å². The first-order chi connectivity index (χ1) is 10.0. The molecule has 3 rings (SSSR count). The smallest absolute Gasteiger partial charge is 0.329 e. The van der Waals surface area contributed by atoms with Crippen LogP contribution in [0.15, 0.2) is 0 Å². The van der Waals surface area contributed by atoms with E-state index in [-0.39, 0.29) is 24.3 Å². The molecule has 0 bridgehead atoms. The Morgan fingerprint density at radius 2 is 1.86 bits per heavy atom. The molecule has 2 saturated carbocycles. The predicted octanol–water partition coefficient (Wildman–Crippen LogP) is 0.901. The van der Waals surface area contributed by atoms with Crippen LogP contribution in [0.5, 0.6) is 0 Å². The van der Waals surface area contributed by atoms with Crippen molar-refractivity contribution in [1.82, 2.24) is 10.2 Å². The van der Waals surface area contributed by atoms with E-state index in [0.29, 0.717) is 19.4 Å². The highest BCUT2D eigenvalue weighted by atomic mass is 16.4. The van der Waals surface area contributed by atoms with Crippen LogP contribution in [0, 0.1) is 5.92 Å². The topological polar surface area (TPSA) is 86.7 Å². The van der Waals surface area contributed by atoms with Gasteiger partial charge in [0, 0.05) is 19.0 Å². The number of likely N-dealkylation sites (tertiary alicyclic amines) is 1. The highest BCUT2D eigenvalue weighted by Crippen LogP contribution is 2.34. The maximum atomic E-state index is 12.3. The lowest BCUT2D eigenvalue weighted by Gasteiger charge is -2.38. The number of carboxylic acid groups (broad SMARTS) is 1. The molecule has 2 N–H and O–H groups in total. The van der Waals surface area contributed by atoms with E-state index >= 15 is 0 Å². The summed E-state index contributed by atoms with van der Waals surface area (Å²) in [6, 6.07) is 0.285. The zero-order valence-electron chi connectivity index (χ0n) is 12.1. The molecule has 6 nitrogen and oxygen atoms in total. The van der Waals surface area contributed by atoms with Gasteiger partial charge < -0.3 is 15.3 Å². The van der Waals surface area contributed by atoms with Gasteiger partial charge in [-0.2, -0.15) is 0 Å². The number of carbonyl (C=O) groups excluding carboxylic acids is 2. The van der Waals surface area contributed by atoms with Crippen molar-refractivity contribution in [2.45, 2.75) is 62.9 Å². The number of nitrogens with zero attached hydrogens (tertiary/aromatic N) is 1. The quantitative estimate of drug-likeness (QED) is 0.806. The van der Waals surface area contributed by atoms with Crippen LogP contribution in [0.25, 0.3) is 0 Å². The number of hydrogen-bond donors (Lipinski definition) is 2. The Labute approximate surface area is 123 Å². The van der Waals surface area contributed by atoms with E-state index in [4.69, 9.17) is 0 Å². The lowest BCUT2D eigenvalue weighted by molar-refractivity contribution is -0.152. The van der Waals surface area contributed by atoms with Crippen LogP contribution in [0.3, 0.4) is 0 Å². The number of amides is 2. The molecule has 2 aliphatic carbocycles. The molecule has 0 aromatic rings. The van der Waals surface area contributed by atoms with Crippen LogP contribution in [0.4, 0.5) is 0 Å². The van der Waals surface area contributed by atoms with Crippen LogP contribution in [-0.2, 0) is 14.4 Å². The number of hydrogen-bond acceptors (Lipinski definition) is 3. The van der Waals surface area contributed by atoms with Gasteiger partial charge in [0.25, 0.3) is 0 Å². The summed E-state index contributed by atoms with van der Waals surface area (Å²) < 4.78 is 0. The van der Waals surface area contributed by atoms with E-state index in [9.17, 15) is 19.5 Å². The Kier molecular flexibility index (Phi) is 3.63. The summed E-state index contributed by atoms with van der Waals surface area (Å²) in [5.74, 6) is -1.58. The number of carbonyl (C=O) groups is 3. The molecule has 0 aromatic heterocycles. The predicted molar refractivity (Wildman–Crippen MR) is 74.4 cm³/mol. The summed E-state index contributed by atoms with van der Waals surface area (Å²) in [7, 11) is 0. The first kappa shape index (κ1) is 14.4. The Morgan fingerprint density at radius 3 is 2.38 bits per heavy atom. The van der Waals surface area contributed by atoms with E-state index in [1.165, 1.54) is 0 Å². The van der Waals surface area contributed by atoms with Crippen LogP contribution in [0.1, 0.15) is 51.4 Å². The molecular weight excluding hydrogens is 272 g/mol. The summed E-state index contributed by atoms with van der Waals surface area (Å²) in [5, 5.41) is 11.9. The second-order valence-electron chi connectivity index (χ2n) is 6.62. The van der Waals surface area contributed by atoms with Crippen LogP contribution >= 0.6 is 0 Å². The molecule has 3 fully saturated rings. The molecule has 1 atom stereocenters. The molecule has 0 radical (unpaired) electrons. The minimum atomic E-state index is -1.08. The lowest BCUT2D eigenvalue weighted by Crippen LogP contribution is -2.60. The van der Waals surface area contributed by atoms with E-state index in [1.54, 1.807) is 0 Å². The molecule has 0 spiro atoms. The van der Waals surface area contributed by atoms with Gasteiger partial charge >= 0.3 is 5.97 Å². The summed E-state index contributed by atoms with van der Waals surface area (Å²) in [6.07, 6.45) is 6.36. The average Bonchev–Trinajstić information content (AvgIpc) is 3.01. The Bertz CT molecular complexity index is 466. The summed E-state index contributed by atoms with van der Waals surface area (Å²) in [4.78, 5) is 37.5. The second-order valence-corrected chi connectivity index (χ2v) is 6.62. The Hall–Kier alpha value is -1.59. The standard InChI is InChI=1S/C15H22N2O4/c18-12-8-10(9-17(12)11-4-1-2-5-11)13(19)16-15(14(20)21)6-3-7-15/h10-11H,1-9H2,(H,16,19)(H,20,21). The summed E-state index contributed by atoms with van der Waals surface area (Å²) >= 11 is 0. The van der Waals surface area contributed by atoms with Crippen molar-refractivity contribution in [2.75, 3.05) is 6.54 Å². The van der Waals surface area contributed by atoms with E-state index in [2.05, 4.69) is 5.32 Å². The average molecular weight is 294 g/mol. The molecule has 1 aliphatic heterocycles. The fourth-order valence-electron chi connectivity index (χ4n) is 3.74. The Balaban J connectivity index is 1.61. The minimum Gasteiger partial charge on any atom is -0.480 e. The maximum absolute atomic E-state index is 12.3. The zero-order valence-corrected chi connectivity index (χ0v) is 12.1. The van der Waals surface area contributed by atoms with Gasteiger partial charge in [-0.05, 0) is 32.1 Å². The highest BCUT2D eigenvalue weighted by Gasteiger charge is 2.48. The van der Waals surface area contributed by atoms with E-state index in [0.717, 1.165) is 32.1 Å². The molecule has 1 saturated heterocycles. The zero-order chi connectivity index (χ0) is 15.0. The van der Waals surface area contributed by atoms with Crippen molar-refractivity contribution in [2.24, 2.45) is 5.92 Å². The van der Waals surface area contributed by atoms with Crippen molar-refractivity contribution in [3.05, 3.63) is 0 Å². The number of aliphatic carboxylic acids is 1. The molecule has 3 aliphatic rings. The van der Waals surface area contributed by atoms with Gasteiger partial charge in [0.2, 0.25) is 11.8 Å². The fraction of sp³-hybridized carbons (Fsp3) is 0.800. The monoisotopic (exact) mass is 294 g/mol. The number of nitrogens with one attached hydrogen (secondary N) is 1. The molecule has 0 aromatic carbocycles. The van der Waals surface area contributed by atoms with E-state index < -0.39 is 17.4 Å². The van der Waals surface area contributed by atoms with Crippen LogP contribution in [0.2, 0.25) is 0 Å². The molecule has 116 valence electrons. The summed E-state index contributed by atoms with van der Waals surface area (Å²) in [5.41, 5.74) is -1.08. The second kappa shape index (κ2) is 5.31. The molecule has 2 amide bonds. The van der Waals surface area contributed by atoms with Gasteiger partial charge in [-0.1, -0.05) is 12.8 Å². The largest absolute Gasteiger partial charge is 0.480 e. The van der Waals surface area contributed by atoms with Gasteiger partial charge in [-0.25, -0.2) is 4.79 Å². The van der Waals surface area contributed by atoms with Gasteiger partial charge in [0.05, 0.1) is 5.92 Å². The Morgan fingerprint density at radius 1 is 1.19 bits per heavy atom. The number of rotatable bonds is 4. The first-order valence-corrected chi connectivity index (χ1v) is 7.87. The van der Waals surface area contributed by atoms with Crippen molar-refractivity contribution in [3.63, 3.8) is 0 Å². The molecule has 21 heavy (non-hydrogen) atoms. The molecule has 1 heterocycles. The molecule has 1 unspecified atom stereocenters. The maximum Gasteiger partial charge on any atom is 0.329 e. The third-order valence-electron chi connectivity index (χ3n) is 5.27. The van der Waals surface area contributed by atoms with Gasteiger partial charge in [-0.15, -0.1) is 0 Å². The van der Waals surface area contributed by atoms with Gasteiger partial charge in [0.15, 0.2) is 0 Å². The third-order valence-corrected chi connectivity index (χ3v) is 5.27. The molecule has 6 heteroatoms. The highest BCUT2D eigenvalue weighted by molar-refractivity contribution is 5.93. The summed E-state index contributed by atoms with van der Waals surface area (Å²) in [6.45, 7) is 0.449. The van der Waals surface area contributed by atoms with Gasteiger partial charge in [0.1, 0.15) is 5.54 Å². The minimum absolute atomic E-state index is 0.0417. The first-order valence-electron chi connectivity index (χ1n) is 7.87. The van der Waals surface area contributed by atoms with Crippen molar-refractivity contribution < 1.29 is 19.5 Å². The fourth-order valence-corrected chi connectivity index (χ4v) is 3.74. The number of carboxylic acids is 1. The van der Waals surface area contributed by atoms with Gasteiger partial charge in [-0.3, -0.25) is 9.59 Å². The van der Waals surface area contributed by atoms with Crippen LogP contribution in [-0.4, -0.2) is 45.9 Å². The molecular formula is C15H22N2O4. The van der Waals surface area contributed by atoms with Crippen LogP contribution < -0.4 is 5.32 Å². The third kappa shape index (κ3) is 2.51.